The predicted molar refractivity (Wildman–Crippen MR) is 110 cm³/mol. The van der Waals surface area contributed by atoms with E-state index in [9.17, 15) is 4.79 Å². The summed E-state index contributed by atoms with van der Waals surface area (Å²) < 4.78 is 11.4. The molecule has 1 aromatic carbocycles. The zero-order valence-corrected chi connectivity index (χ0v) is 17.6. The second kappa shape index (κ2) is 10.1. The molecule has 1 aliphatic heterocycles. The Hall–Kier alpha value is -1.59. The molecule has 1 aliphatic rings. The summed E-state index contributed by atoms with van der Waals surface area (Å²) in [6.07, 6.45) is 4.58. The Bertz CT molecular complexity index is 588. The number of likely N-dealkylation sites (tertiary alicyclic amines) is 1. The van der Waals surface area contributed by atoms with Crippen molar-refractivity contribution in [3.05, 3.63) is 24.3 Å². The zero-order valence-electron chi connectivity index (χ0n) is 17.6. The van der Waals surface area contributed by atoms with Gasteiger partial charge < -0.3 is 14.8 Å². The molecule has 1 amide bonds. The summed E-state index contributed by atoms with van der Waals surface area (Å²) in [4.78, 5) is 15.1. The molecule has 1 saturated heterocycles. The zero-order chi connectivity index (χ0) is 19.9. The van der Waals surface area contributed by atoms with Crippen LogP contribution in [0.25, 0.3) is 0 Å². The van der Waals surface area contributed by atoms with E-state index in [1.807, 2.05) is 31.2 Å². The summed E-state index contributed by atoms with van der Waals surface area (Å²) in [5.41, 5.74) is -0.0712. The Balaban J connectivity index is 1.83. The fraction of sp³-hybridized carbons (Fsp3) is 0.682. The predicted octanol–water partition coefficient (Wildman–Crippen LogP) is 4.33. The molecular weight excluding hydrogens is 340 g/mol. The van der Waals surface area contributed by atoms with Crippen LogP contribution in [-0.4, -0.2) is 49.3 Å². The van der Waals surface area contributed by atoms with Crippen molar-refractivity contribution in [3.8, 4) is 5.75 Å². The van der Waals surface area contributed by atoms with Crippen molar-refractivity contribution in [2.24, 2.45) is 5.92 Å². The molecule has 0 aromatic heterocycles. The van der Waals surface area contributed by atoms with Gasteiger partial charge >= 0.3 is 0 Å². The number of carbonyl (C=O) groups is 1. The molecule has 2 rings (SSSR count). The largest absolute Gasteiger partial charge is 0.492 e. The lowest BCUT2D eigenvalue weighted by Crippen LogP contribution is -2.43. The number of anilines is 1. The molecule has 5 nitrogen and oxygen atoms in total. The molecule has 2 atom stereocenters. The Morgan fingerprint density at radius 2 is 2.00 bits per heavy atom. The monoisotopic (exact) mass is 376 g/mol. The second-order valence-electron chi connectivity index (χ2n) is 8.24. The van der Waals surface area contributed by atoms with Gasteiger partial charge in [0.2, 0.25) is 0 Å². The summed E-state index contributed by atoms with van der Waals surface area (Å²) in [5.74, 6) is 1.08. The number of rotatable bonds is 9. The van der Waals surface area contributed by atoms with Crippen molar-refractivity contribution >= 4 is 11.6 Å². The lowest BCUT2D eigenvalue weighted by atomic mass is 9.93. The van der Waals surface area contributed by atoms with Crippen LogP contribution in [0.4, 0.5) is 5.69 Å². The van der Waals surface area contributed by atoms with Crippen molar-refractivity contribution in [2.45, 2.75) is 65.0 Å². The highest BCUT2D eigenvalue weighted by Crippen LogP contribution is 2.23. The molecule has 0 bridgehead atoms. The van der Waals surface area contributed by atoms with Crippen molar-refractivity contribution in [3.63, 3.8) is 0 Å². The van der Waals surface area contributed by atoms with Gasteiger partial charge in [0.25, 0.3) is 5.91 Å². The second-order valence-corrected chi connectivity index (χ2v) is 8.24. The van der Waals surface area contributed by atoms with Crippen molar-refractivity contribution in [2.75, 3.05) is 32.1 Å². The normalized spacial score (nSPS) is 20.3. The molecule has 0 saturated carbocycles. The van der Waals surface area contributed by atoms with Crippen molar-refractivity contribution in [1.29, 1.82) is 0 Å². The Labute approximate surface area is 164 Å². The van der Waals surface area contributed by atoms with Gasteiger partial charge in [0.05, 0.1) is 0 Å². The number of ether oxygens (including phenoxy) is 2. The van der Waals surface area contributed by atoms with Crippen LogP contribution < -0.4 is 10.1 Å². The summed E-state index contributed by atoms with van der Waals surface area (Å²) in [7, 11) is 1.59. The number of benzene rings is 1. The van der Waals surface area contributed by atoms with Crippen LogP contribution in [0.3, 0.4) is 0 Å². The summed E-state index contributed by atoms with van der Waals surface area (Å²) >= 11 is 0. The molecule has 1 fully saturated rings. The van der Waals surface area contributed by atoms with E-state index in [1.165, 1.54) is 25.8 Å². The molecule has 0 unspecified atom stereocenters. The summed E-state index contributed by atoms with van der Waals surface area (Å²) in [6.45, 7) is 11.1. The van der Waals surface area contributed by atoms with Gasteiger partial charge in [0.1, 0.15) is 18.0 Å². The van der Waals surface area contributed by atoms with Crippen LogP contribution in [0.1, 0.15) is 53.4 Å². The highest BCUT2D eigenvalue weighted by molar-refractivity contribution is 5.97. The fourth-order valence-electron chi connectivity index (χ4n) is 3.72. The molecule has 0 aliphatic carbocycles. The van der Waals surface area contributed by atoms with Crippen LogP contribution in [0.2, 0.25) is 0 Å². The minimum absolute atomic E-state index is 0.119. The number of carbonyl (C=O) groups excluding carboxylic acids is 1. The van der Waals surface area contributed by atoms with E-state index in [2.05, 4.69) is 31.0 Å². The van der Waals surface area contributed by atoms with Gasteiger partial charge in [0.15, 0.2) is 0 Å². The molecule has 5 heteroatoms. The highest BCUT2D eigenvalue weighted by atomic mass is 16.5. The van der Waals surface area contributed by atoms with E-state index in [-0.39, 0.29) is 5.91 Å². The third kappa shape index (κ3) is 6.51. The summed E-state index contributed by atoms with van der Waals surface area (Å²) in [6, 6.07) is 8.22. The highest BCUT2D eigenvalue weighted by Gasteiger charge is 2.33. The maximum atomic E-state index is 12.6. The topological polar surface area (TPSA) is 50.8 Å². The van der Waals surface area contributed by atoms with Gasteiger partial charge in [-0.05, 0) is 69.8 Å². The molecule has 0 spiro atoms. The maximum Gasteiger partial charge on any atom is 0.256 e. The van der Waals surface area contributed by atoms with Gasteiger partial charge in [-0.2, -0.15) is 0 Å². The number of methoxy groups -OCH3 is 1. The number of hydrogen-bond acceptors (Lipinski definition) is 4. The SMILES string of the molecule is CO[C@](C)(CC(C)C)C(=O)Nc1ccc(OCCN2CCCC[C@@H]2C)cc1. The molecule has 27 heavy (non-hydrogen) atoms. The first-order valence-corrected chi connectivity index (χ1v) is 10.2. The molecule has 1 heterocycles. The van der Waals surface area contributed by atoms with Gasteiger partial charge in [-0.3, -0.25) is 9.69 Å². The van der Waals surface area contributed by atoms with Crippen LogP contribution in [0.5, 0.6) is 5.75 Å². The van der Waals surface area contributed by atoms with Crippen LogP contribution in [0, 0.1) is 5.92 Å². The molecule has 1 N–H and O–H groups in total. The smallest absolute Gasteiger partial charge is 0.256 e. The fourth-order valence-corrected chi connectivity index (χ4v) is 3.72. The molecular formula is C22H36N2O3. The number of piperidine rings is 1. The minimum atomic E-state index is -0.825. The van der Waals surface area contributed by atoms with Gasteiger partial charge in [-0.15, -0.1) is 0 Å². The summed E-state index contributed by atoms with van der Waals surface area (Å²) in [5, 5.41) is 2.95. The first-order chi connectivity index (χ1) is 12.8. The van der Waals surface area contributed by atoms with E-state index in [4.69, 9.17) is 9.47 Å². The lowest BCUT2D eigenvalue weighted by Gasteiger charge is -2.33. The molecule has 152 valence electrons. The van der Waals surface area contributed by atoms with Gasteiger partial charge in [-0.25, -0.2) is 0 Å². The average molecular weight is 377 g/mol. The minimum Gasteiger partial charge on any atom is -0.492 e. The average Bonchev–Trinajstić information content (AvgIpc) is 2.64. The van der Waals surface area contributed by atoms with E-state index < -0.39 is 5.60 Å². The first kappa shape index (κ1) is 21.7. The number of hydrogen-bond donors (Lipinski definition) is 1. The van der Waals surface area contributed by atoms with Gasteiger partial charge in [-0.1, -0.05) is 20.3 Å². The Kier molecular flexibility index (Phi) is 8.11. The quantitative estimate of drug-likeness (QED) is 0.697. The van der Waals surface area contributed by atoms with Crippen molar-refractivity contribution < 1.29 is 14.3 Å². The Morgan fingerprint density at radius 3 is 2.59 bits per heavy atom. The van der Waals surface area contributed by atoms with Gasteiger partial charge in [0, 0.05) is 25.4 Å². The number of amides is 1. The third-order valence-electron chi connectivity index (χ3n) is 5.43. The molecule has 1 aromatic rings. The van der Waals surface area contributed by atoms with E-state index >= 15 is 0 Å². The van der Waals surface area contributed by atoms with E-state index in [0.29, 0.717) is 25.0 Å². The Morgan fingerprint density at radius 1 is 1.30 bits per heavy atom. The third-order valence-corrected chi connectivity index (χ3v) is 5.43. The number of nitrogens with one attached hydrogen (secondary N) is 1. The maximum absolute atomic E-state index is 12.6. The first-order valence-electron chi connectivity index (χ1n) is 10.2. The van der Waals surface area contributed by atoms with Crippen LogP contribution >= 0.6 is 0 Å². The van der Waals surface area contributed by atoms with Crippen molar-refractivity contribution in [1.82, 2.24) is 4.90 Å². The lowest BCUT2D eigenvalue weighted by molar-refractivity contribution is -0.137. The molecule has 0 radical (unpaired) electrons. The van der Waals surface area contributed by atoms with E-state index in [0.717, 1.165) is 18.0 Å². The van der Waals surface area contributed by atoms with Crippen LogP contribution in [-0.2, 0) is 9.53 Å². The van der Waals surface area contributed by atoms with E-state index in [1.54, 1.807) is 7.11 Å². The number of nitrogens with zero attached hydrogens (tertiary/aromatic N) is 1. The van der Waals surface area contributed by atoms with Crippen LogP contribution in [0.15, 0.2) is 24.3 Å². The standard InChI is InChI=1S/C22H36N2O3/c1-17(2)16-22(4,26-5)21(25)23-19-9-11-20(12-10-19)27-15-14-24-13-7-6-8-18(24)3/h9-12,17-18H,6-8,13-16H2,1-5H3,(H,23,25)/t18-,22+/m0/s1.